The molecule has 0 saturated carbocycles. The molecule has 0 atom stereocenters. The van der Waals surface area contributed by atoms with E-state index in [-0.39, 0.29) is 0 Å². The average molecular weight is 249 g/mol. The summed E-state index contributed by atoms with van der Waals surface area (Å²) in [4.78, 5) is 6.76. The number of likely N-dealkylation sites (N-methyl/N-ethyl adjacent to an activating group) is 1. The number of nitrogens with zero attached hydrogens (tertiary/aromatic N) is 2. The zero-order valence-electron chi connectivity index (χ0n) is 11.4. The van der Waals surface area contributed by atoms with Gasteiger partial charge in [-0.15, -0.1) is 0 Å². The van der Waals surface area contributed by atoms with Crippen molar-refractivity contribution in [3.8, 4) is 5.88 Å². The maximum atomic E-state index is 5.78. The summed E-state index contributed by atoms with van der Waals surface area (Å²) in [5.41, 5.74) is 9.39. The molecule has 0 radical (unpaired) electrons. The molecule has 1 aromatic rings. The summed E-state index contributed by atoms with van der Waals surface area (Å²) in [5.74, 6) is 0.736. The van der Waals surface area contributed by atoms with Crippen LogP contribution in [0.3, 0.4) is 0 Å². The Bertz CT molecular complexity index is 404. The third kappa shape index (κ3) is 3.21. The first-order chi connectivity index (χ1) is 8.70. The van der Waals surface area contributed by atoms with Crippen molar-refractivity contribution in [2.24, 2.45) is 5.73 Å². The van der Waals surface area contributed by atoms with Crippen molar-refractivity contribution < 1.29 is 4.74 Å². The molecular weight excluding hydrogens is 226 g/mol. The van der Waals surface area contributed by atoms with Gasteiger partial charge in [0.15, 0.2) is 0 Å². The van der Waals surface area contributed by atoms with Crippen molar-refractivity contribution in [1.29, 1.82) is 0 Å². The van der Waals surface area contributed by atoms with Crippen molar-refractivity contribution in [3.63, 3.8) is 0 Å². The standard InChI is InChI=1S/C14H23N3O/c1-17(2)7-8-18-14-12(10-15)9-11-5-3-4-6-13(11)16-14/h9H,3-8,10,15H2,1-2H3. The second-order valence-corrected chi connectivity index (χ2v) is 5.12. The highest BCUT2D eigenvalue weighted by molar-refractivity contribution is 5.35. The van der Waals surface area contributed by atoms with Gasteiger partial charge in [0.2, 0.25) is 5.88 Å². The number of aromatic nitrogens is 1. The summed E-state index contributed by atoms with van der Waals surface area (Å²) >= 11 is 0. The van der Waals surface area contributed by atoms with Gasteiger partial charge in [-0.2, -0.15) is 0 Å². The number of aryl methyl sites for hydroxylation is 2. The molecule has 18 heavy (non-hydrogen) atoms. The van der Waals surface area contributed by atoms with E-state index in [0.29, 0.717) is 13.2 Å². The minimum atomic E-state index is 0.498. The average Bonchev–Trinajstić information content (AvgIpc) is 2.37. The highest BCUT2D eigenvalue weighted by Gasteiger charge is 2.15. The van der Waals surface area contributed by atoms with Gasteiger partial charge in [-0.05, 0) is 51.4 Å². The predicted molar refractivity (Wildman–Crippen MR) is 72.8 cm³/mol. The molecule has 2 N–H and O–H groups in total. The molecule has 0 aliphatic heterocycles. The molecule has 0 saturated heterocycles. The first-order valence-corrected chi connectivity index (χ1v) is 6.70. The van der Waals surface area contributed by atoms with Crippen molar-refractivity contribution in [2.75, 3.05) is 27.2 Å². The van der Waals surface area contributed by atoms with E-state index < -0.39 is 0 Å². The number of ether oxygens (including phenoxy) is 1. The lowest BCUT2D eigenvalue weighted by molar-refractivity contribution is 0.251. The van der Waals surface area contributed by atoms with Gasteiger partial charge in [0.25, 0.3) is 0 Å². The fourth-order valence-electron chi connectivity index (χ4n) is 2.26. The van der Waals surface area contributed by atoms with E-state index in [1.807, 2.05) is 14.1 Å². The fourth-order valence-corrected chi connectivity index (χ4v) is 2.26. The molecule has 0 fully saturated rings. The maximum Gasteiger partial charge on any atom is 0.218 e. The Kier molecular flexibility index (Phi) is 4.55. The summed E-state index contributed by atoms with van der Waals surface area (Å²) < 4.78 is 5.77. The van der Waals surface area contributed by atoms with Crippen molar-refractivity contribution in [3.05, 3.63) is 22.9 Å². The van der Waals surface area contributed by atoms with Crippen LogP contribution in [0.15, 0.2) is 6.07 Å². The number of fused-ring (bicyclic) bond motifs is 1. The van der Waals surface area contributed by atoms with E-state index in [2.05, 4.69) is 16.0 Å². The number of hydrogen-bond acceptors (Lipinski definition) is 4. The Morgan fingerprint density at radius 1 is 1.33 bits per heavy atom. The molecule has 0 spiro atoms. The highest BCUT2D eigenvalue weighted by Crippen LogP contribution is 2.25. The zero-order chi connectivity index (χ0) is 13.0. The number of rotatable bonds is 5. The Labute approximate surface area is 109 Å². The Hall–Kier alpha value is -1.13. The van der Waals surface area contributed by atoms with Crippen LogP contribution in [0.2, 0.25) is 0 Å². The highest BCUT2D eigenvalue weighted by atomic mass is 16.5. The summed E-state index contributed by atoms with van der Waals surface area (Å²) in [6.07, 6.45) is 4.70. The van der Waals surface area contributed by atoms with Gasteiger partial charge in [-0.3, -0.25) is 0 Å². The minimum absolute atomic E-state index is 0.498. The van der Waals surface area contributed by atoms with Crippen LogP contribution in [0.25, 0.3) is 0 Å². The molecule has 4 heteroatoms. The van der Waals surface area contributed by atoms with Crippen LogP contribution in [0.4, 0.5) is 0 Å². The van der Waals surface area contributed by atoms with Crippen LogP contribution in [0.1, 0.15) is 29.7 Å². The number of hydrogen-bond donors (Lipinski definition) is 1. The fraction of sp³-hybridized carbons (Fsp3) is 0.643. The normalized spacial score (nSPS) is 14.7. The van der Waals surface area contributed by atoms with E-state index >= 15 is 0 Å². The first kappa shape index (κ1) is 13.3. The smallest absolute Gasteiger partial charge is 0.218 e. The third-order valence-electron chi connectivity index (χ3n) is 3.34. The Morgan fingerprint density at radius 3 is 2.83 bits per heavy atom. The van der Waals surface area contributed by atoms with E-state index in [0.717, 1.165) is 30.8 Å². The van der Waals surface area contributed by atoms with Crippen LogP contribution in [-0.4, -0.2) is 37.1 Å². The van der Waals surface area contributed by atoms with E-state index in [1.165, 1.54) is 24.1 Å². The van der Waals surface area contributed by atoms with E-state index in [4.69, 9.17) is 10.5 Å². The van der Waals surface area contributed by atoms with Gasteiger partial charge in [0.05, 0.1) is 0 Å². The van der Waals surface area contributed by atoms with Gasteiger partial charge in [-0.1, -0.05) is 0 Å². The Balaban J connectivity index is 2.12. The van der Waals surface area contributed by atoms with E-state index in [1.54, 1.807) is 0 Å². The molecule has 0 amide bonds. The predicted octanol–water partition coefficient (Wildman–Crippen LogP) is 1.36. The molecule has 0 aromatic carbocycles. The molecule has 0 unspecified atom stereocenters. The Morgan fingerprint density at radius 2 is 2.11 bits per heavy atom. The maximum absolute atomic E-state index is 5.78. The molecule has 1 aliphatic rings. The topological polar surface area (TPSA) is 51.4 Å². The monoisotopic (exact) mass is 249 g/mol. The molecular formula is C14H23N3O. The lowest BCUT2D eigenvalue weighted by Gasteiger charge is -2.19. The largest absolute Gasteiger partial charge is 0.476 e. The van der Waals surface area contributed by atoms with Crippen molar-refractivity contribution >= 4 is 0 Å². The molecule has 2 rings (SSSR count). The van der Waals surface area contributed by atoms with Gasteiger partial charge in [0.1, 0.15) is 6.61 Å². The summed E-state index contributed by atoms with van der Waals surface area (Å²) in [6, 6.07) is 2.19. The number of nitrogens with two attached hydrogens (primary N) is 1. The number of pyridine rings is 1. The zero-order valence-corrected chi connectivity index (χ0v) is 11.4. The summed E-state index contributed by atoms with van der Waals surface area (Å²) in [5, 5.41) is 0. The minimum Gasteiger partial charge on any atom is -0.476 e. The molecule has 1 aromatic heterocycles. The van der Waals surface area contributed by atoms with E-state index in [9.17, 15) is 0 Å². The molecule has 0 bridgehead atoms. The van der Waals surface area contributed by atoms with Gasteiger partial charge in [-0.25, -0.2) is 4.98 Å². The lowest BCUT2D eigenvalue weighted by atomic mass is 9.95. The summed E-state index contributed by atoms with van der Waals surface area (Å²) in [6.45, 7) is 2.05. The SMILES string of the molecule is CN(C)CCOc1nc2c(cc1CN)CCCC2. The van der Waals surface area contributed by atoms with Crippen LogP contribution in [0, 0.1) is 0 Å². The second kappa shape index (κ2) is 6.16. The van der Waals surface area contributed by atoms with Crippen LogP contribution in [-0.2, 0) is 19.4 Å². The first-order valence-electron chi connectivity index (χ1n) is 6.70. The summed E-state index contributed by atoms with van der Waals surface area (Å²) in [7, 11) is 4.07. The third-order valence-corrected chi connectivity index (χ3v) is 3.34. The van der Waals surface area contributed by atoms with Gasteiger partial charge >= 0.3 is 0 Å². The lowest BCUT2D eigenvalue weighted by Crippen LogP contribution is -2.21. The van der Waals surface area contributed by atoms with Crippen molar-refractivity contribution in [1.82, 2.24) is 9.88 Å². The van der Waals surface area contributed by atoms with Gasteiger partial charge in [0, 0.05) is 24.3 Å². The molecule has 1 heterocycles. The molecule has 1 aliphatic carbocycles. The van der Waals surface area contributed by atoms with Gasteiger partial charge < -0.3 is 15.4 Å². The van der Waals surface area contributed by atoms with Crippen LogP contribution in [0.5, 0.6) is 5.88 Å². The van der Waals surface area contributed by atoms with Crippen LogP contribution >= 0.6 is 0 Å². The van der Waals surface area contributed by atoms with Crippen molar-refractivity contribution in [2.45, 2.75) is 32.2 Å². The molecule has 100 valence electrons. The quantitative estimate of drug-likeness (QED) is 0.856. The molecule has 4 nitrogen and oxygen atoms in total. The van der Waals surface area contributed by atoms with Crippen LogP contribution < -0.4 is 10.5 Å². The second-order valence-electron chi connectivity index (χ2n) is 5.12.